The van der Waals surface area contributed by atoms with Crippen LogP contribution < -0.4 is 16.2 Å². The summed E-state index contributed by atoms with van der Waals surface area (Å²) in [7, 11) is 1.66. The molecule has 5 nitrogen and oxygen atoms in total. The van der Waals surface area contributed by atoms with E-state index in [2.05, 4.69) is 9.97 Å². The summed E-state index contributed by atoms with van der Waals surface area (Å²) in [6, 6.07) is 9.56. The molecule has 19 heavy (non-hydrogen) atoms. The Kier molecular flexibility index (Phi) is 4.46. The molecule has 2 aromatic rings. The zero-order valence-electron chi connectivity index (χ0n) is 10.7. The number of benzene rings is 1. The van der Waals surface area contributed by atoms with Crippen molar-refractivity contribution in [3.05, 3.63) is 35.9 Å². The van der Waals surface area contributed by atoms with Gasteiger partial charge in [-0.3, -0.25) is 0 Å². The Bertz CT molecular complexity index is 525. The van der Waals surface area contributed by atoms with Crippen molar-refractivity contribution in [1.82, 2.24) is 9.97 Å². The molecular weight excluding hydrogens is 260 g/mol. The second kappa shape index (κ2) is 6.29. The van der Waals surface area contributed by atoms with E-state index in [-0.39, 0.29) is 0 Å². The van der Waals surface area contributed by atoms with Gasteiger partial charge in [0.2, 0.25) is 0 Å². The third-order valence-corrected chi connectivity index (χ3v) is 3.38. The van der Waals surface area contributed by atoms with Crippen LogP contribution >= 0.6 is 11.8 Å². The van der Waals surface area contributed by atoms with E-state index < -0.39 is 0 Å². The lowest BCUT2D eigenvalue weighted by Crippen LogP contribution is -2.00. The van der Waals surface area contributed by atoms with Crippen LogP contribution in [0.3, 0.4) is 0 Å². The molecule has 0 saturated heterocycles. The minimum absolute atomic E-state index is 0.402. The van der Waals surface area contributed by atoms with Crippen LogP contribution in [0.4, 0.5) is 11.6 Å². The summed E-state index contributed by atoms with van der Waals surface area (Å²) in [5, 5.41) is 0.617. The van der Waals surface area contributed by atoms with Gasteiger partial charge >= 0.3 is 0 Å². The summed E-state index contributed by atoms with van der Waals surface area (Å²) in [4.78, 5) is 8.24. The predicted octanol–water partition coefficient (Wildman–Crippen LogP) is 1.98. The second-order valence-corrected chi connectivity index (χ2v) is 5.01. The highest BCUT2D eigenvalue weighted by atomic mass is 32.2. The zero-order chi connectivity index (χ0) is 13.7. The first-order chi connectivity index (χ1) is 9.17. The highest BCUT2D eigenvalue weighted by Crippen LogP contribution is 2.18. The van der Waals surface area contributed by atoms with E-state index in [1.54, 1.807) is 24.9 Å². The van der Waals surface area contributed by atoms with Crippen LogP contribution in [-0.4, -0.2) is 22.8 Å². The fraction of sp³-hybridized carbons (Fsp3) is 0.231. The Morgan fingerprint density at radius 3 is 2.32 bits per heavy atom. The molecular formula is C13H16N4OS. The molecule has 0 saturated carbocycles. The summed E-state index contributed by atoms with van der Waals surface area (Å²) in [5.74, 6) is 2.54. The monoisotopic (exact) mass is 276 g/mol. The highest BCUT2D eigenvalue weighted by molar-refractivity contribution is 7.99. The van der Waals surface area contributed by atoms with Crippen LogP contribution in [0.15, 0.2) is 35.5 Å². The number of nitrogens with zero attached hydrogens (tertiary/aromatic N) is 2. The number of anilines is 2. The van der Waals surface area contributed by atoms with Gasteiger partial charge in [-0.1, -0.05) is 23.9 Å². The smallest absolute Gasteiger partial charge is 0.191 e. The van der Waals surface area contributed by atoms with E-state index in [1.165, 1.54) is 5.56 Å². The average molecular weight is 276 g/mol. The highest BCUT2D eigenvalue weighted by Gasteiger charge is 2.02. The third kappa shape index (κ3) is 4.03. The van der Waals surface area contributed by atoms with Gasteiger partial charge in [-0.15, -0.1) is 0 Å². The molecule has 4 N–H and O–H groups in total. The molecule has 1 heterocycles. The summed E-state index contributed by atoms with van der Waals surface area (Å²) in [6.45, 7) is 0. The summed E-state index contributed by atoms with van der Waals surface area (Å²) < 4.78 is 5.12. The van der Waals surface area contributed by atoms with Gasteiger partial charge in [0.1, 0.15) is 17.4 Å². The lowest BCUT2D eigenvalue weighted by atomic mass is 10.2. The maximum absolute atomic E-state index is 5.62. The van der Waals surface area contributed by atoms with Crippen molar-refractivity contribution in [2.45, 2.75) is 11.6 Å². The summed E-state index contributed by atoms with van der Waals surface area (Å²) in [5.41, 5.74) is 12.5. The van der Waals surface area contributed by atoms with Gasteiger partial charge in [0.15, 0.2) is 5.16 Å². The second-order valence-electron chi connectivity index (χ2n) is 3.95. The molecule has 0 radical (unpaired) electrons. The van der Waals surface area contributed by atoms with E-state index in [9.17, 15) is 0 Å². The standard InChI is InChI=1S/C13H16N4OS/c1-18-10-4-2-9(3-5-10)6-7-19-13-16-11(14)8-12(15)17-13/h2-5,8H,6-7H2,1H3,(H4,14,15,16,17). The number of nitrogens with two attached hydrogens (primary N) is 2. The number of hydrogen-bond acceptors (Lipinski definition) is 6. The lowest BCUT2D eigenvalue weighted by molar-refractivity contribution is 0.414. The Labute approximate surface area is 116 Å². The first-order valence-electron chi connectivity index (χ1n) is 5.83. The maximum atomic E-state index is 5.62. The Balaban J connectivity index is 1.88. The molecule has 6 heteroatoms. The van der Waals surface area contributed by atoms with Crippen LogP contribution in [0.2, 0.25) is 0 Å². The van der Waals surface area contributed by atoms with E-state index in [0.717, 1.165) is 17.9 Å². The molecule has 100 valence electrons. The Hall–Kier alpha value is -1.95. The van der Waals surface area contributed by atoms with Crippen LogP contribution in [0.25, 0.3) is 0 Å². The van der Waals surface area contributed by atoms with E-state index >= 15 is 0 Å². The number of aryl methyl sites for hydroxylation is 1. The first-order valence-corrected chi connectivity index (χ1v) is 6.81. The SMILES string of the molecule is COc1ccc(CCSc2nc(N)cc(N)n2)cc1. The molecule has 1 aromatic carbocycles. The minimum Gasteiger partial charge on any atom is -0.497 e. The van der Waals surface area contributed by atoms with Crippen LogP contribution in [0.5, 0.6) is 5.75 Å². The average Bonchev–Trinajstić information content (AvgIpc) is 2.38. The van der Waals surface area contributed by atoms with E-state index in [0.29, 0.717) is 16.8 Å². The van der Waals surface area contributed by atoms with Crippen molar-refractivity contribution in [3.8, 4) is 5.75 Å². The molecule has 0 aliphatic rings. The van der Waals surface area contributed by atoms with Crippen molar-refractivity contribution in [1.29, 1.82) is 0 Å². The van der Waals surface area contributed by atoms with Crippen molar-refractivity contribution < 1.29 is 4.74 Å². The van der Waals surface area contributed by atoms with Gasteiger partial charge in [-0.25, -0.2) is 9.97 Å². The molecule has 0 aliphatic heterocycles. The molecule has 0 bridgehead atoms. The van der Waals surface area contributed by atoms with Gasteiger partial charge in [-0.2, -0.15) is 0 Å². The fourth-order valence-electron chi connectivity index (χ4n) is 1.58. The quantitative estimate of drug-likeness (QED) is 0.641. The Morgan fingerprint density at radius 2 is 1.74 bits per heavy atom. The van der Waals surface area contributed by atoms with Crippen molar-refractivity contribution in [3.63, 3.8) is 0 Å². The summed E-state index contributed by atoms with van der Waals surface area (Å²) in [6.07, 6.45) is 0.923. The van der Waals surface area contributed by atoms with Crippen molar-refractivity contribution in [2.75, 3.05) is 24.3 Å². The molecule has 0 unspecified atom stereocenters. The summed E-state index contributed by atoms with van der Waals surface area (Å²) >= 11 is 1.54. The lowest BCUT2D eigenvalue weighted by Gasteiger charge is -2.04. The van der Waals surface area contributed by atoms with Crippen molar-refractivity contribution >= 4 is 23.4 Å². The molecule has 0 atom stereocenters. The number of ether oxygens (including phenoxy) is 1. The third-order valence-electron chi connectivity index (χ3n) is 2.53. The van der Waals surface area contributed by atoms with Crippen LogP contribution in [0, 0.1) is 0 Å². The van der Waals surface area contributed by atoms with Gasteiger partial charge in [0.05, 0.1) is 7.11 Å². The number of aromatic nitrogens is 2. The molecule has 1 aromatic heterocycles. The number of rotatable bonds is 5. The number of thioether (sulfide) groups is 1. The molecule has 0 aliphatic carbocycles. The largest absolute Gasteiger partial charge is 0.497 e. The van der Waals surface area contributed by atoms with Gasteiger partial charge in [-0.05, 0) is 24.1 Å². The van der Waals surface area contributed by atoms with Gasteiger partial charge < -0.3 is 16.2 Å². The topological polar surface area (TPSA) is 87.0 Å². The van der Waals surface area contributed by atoms with Crippen LogP contribution in [0.1, 0.15) is 5.56 Å². The molecule has 2 rings (SSSR count). The molecule has 0 spiro atoms. The van der Waals surface area contributed by atoms with Crippen molar-refractivity contribution in [2.24, 2.45) is 0 Å². The first kappa shape index (κ1) is 13.5. The maximum Gasteiger partial charge on any atom is 0.191 e. The molecule has 0 amide bonds. The fourth-order valence-corrected chi connectivity index (χ4v) is 2.44. The number of nitrogen functional groups attached to an aromatic ring is 2. The zero-order valence-corrected chi connectivity index (χ0v) is 11.5. The van der Waals surface area contributed by atoms with E-state index in [1.807, 2.05) is 24.3 Å². The van der Waals surface area contributed by atoms with Gasteiger partial charge in [0, 0.05) is 11.8 Å². The minimum atomic E-state index is 0.402. The van der Waals surface area contributed by atoms with E-state index in [4.69, 9.17) is 16.2 Å². The van der Waals surface area contributed by atoms with Gasteiger partial charge in [0.25, 0.3) is 0 Å². The predicted molar refractivity (Wildman–Crippen MR) is 78.3 cm³/mol. The van der Waals surface area contributed by atoms with Crippen LogP contribution in [-0.2, 0) is 6.42 Å². The Morgan fingerprint density at radius 1 is 1.11 bits per heavy atom. The number of hydrogen-bond donors (Lipinski definition) is 2. The molecule has 0 fully saturated rings. The normalized spacial score (nSPS) is 10.4. The number of methoxy groups -OCH3 is 1.